The number of thiophene rings is 1. The predicted molar refractivity (Wildman–Crippen MR) is 93.9 cm³/mol. The fourth-order valence-electron chi connectivity index (χ4n) is 2.65. The van der Waals surface area contributed by atoms with E-state index in [1.54, 1.807) is 0 Å². The molecule has 0 aliphatic carbocycles. The molecule has 2 aromatic heterocycles. The van der Waals surface area contributed by atoms with Crippen molar-refractivity contribution in [1.29, 1.82) is 0 Å². The molecule has 0 aliphatic heterocycles. The number of fused-ring (bicyclic) bond motifs is 1. The average Bonchev–Trinajstić information content (AvgIpc) is 3.10. The highest BCUT2D eigenvalue weighted by molar-refractivity contribution is 7.09. The normalized spacial score (nSPS) is 11.0. The molecule has 0 bridgehead atoms. The first-order valence-electron chi connectivity index (χ1n) is 7.84. The van der Waals surface area contributed by atoms with Crippen LogP contribution in [-0.4, -0.2) is 10.5 Å². The Morgan fingerprint density at radius 2 is 2.00 bits per heavy atom. The average molecular weight is 362 g/mol. The van der Waals surface area contributed by atoms with Gasteiger partial charge in [-0.1, -0.05) is 13.0 Å². The number of hydrogen-bond acceptors (Lipinski definition) is 3. The lowest BCUT2D eigenvalue weighted by molar-refractivity contribution is 0.0940. The topological polar surface area (TPSA) is 51.1 Å². The molecule has 25 heavy (non-hydrogen) atoms. The van der Waals surface area contributed by atoms with Crippen LogP contribution in [0.2, 0.25) is 0 Å². The van der Waals surface area contributed by atoms with Crippen LogP contribution in [0.25, 0.3) is 10.8 Å². The number of pyridine rings is 1. The van der Waals surface area contributed by atoms with Crippen molar-refractivity contribution in [3.05, 3.63) is 68.3 Å². The monoisotopic (exact) mass is 362 g/mol. The van der Waals surface area contributed by atoms with E-state index < -0.39 is 23.1 Å². The standard InChI is InChI=1S/C18H16F2N2O2S/c1-2-5-22-16(17(23)21-10-12-4-3-6-25-12)8-11-7-14(19)15(20)9-13(11)18(22)24/h3-4,6-9H,2,5,10H2,1H3,(H,21,23). The molecule has 4 nitrogen and oxygen atoms in total. The molecule has 3 rings (SSSR count). The van der Waals surface area contributed by atoms with Crippen molar-refractivity contribution in [3.63, 3.8) is 0 Å². The van der Waals surface area contributed by atoms with Crippen LogP contribution in [-0.2, 0) is 13.1 Å². The molecule has 1 aromatic carbocycles. The Morgan fingerprint density at radius 1 is 1.24 bits per heavy atom. The maximum absolute atomic E-state index is 13.5. The Balaban J connectivity index is 2.05. The van der Waals surface area contributed by atoms with Gasteiger partial charge >= 0.3 is 0 Å². The van der Waals surface area contributed by atoms with Gasteiger partial charge in [0.15, 0.2) is 11.6 Å². The molecule has 3 aromatic rings. The van der Waals surface area contributed by atoms with Crippen LogP contribution in [0.5, 0.6) is 0 Å². The van der Waals surface area contributed by atoms with Gasteiger partial charge in [-0.15, -0.1) is 11.3 Å². The van der Waals surface area contributed by atoms with Gasteiger partial charge in [0, 0.05) is 11.4 Å². The molecule has 0 spiro atoms. The third-order valence-corrected chi connectivity index (χ3v) is 4.71. The van der Waals surface area contributed by atoms with E-state index in [0.29, 0.717) is 19.5 Å². The van der Waals surface area contributed by atoms with Crippen LogP contribution in [0.15, 0.2) is 40.5 Å². The van der Waals surface area contributed by atoms with E-state index in [4.69, 9.17) is 0 Å². The lowest BCUT2D eigenvalue weighted by atomic mass is 10.1. The Hall–Kier alpha value is -2.54. The third kappa shape index (κ3) is 3.46. The van der Waals surface area contributed by atoms with Crippen LogP contribution in [0.1, 0.15) is 28.7 Å². The molecular weight excluding hydrogens is 346 g/mol. The van der Waals surface area contributed by atoms with Gasteiger partial charge in [-0.25, -0.2) is 8.78 Å². The highest BCUT2D eigenvalue weighted by atomic mass is 32.1. The van der Waals surface area contributed by atoms with Crippen LogP contribution < -0.4 is 10.9 Å². The molecule has 0 radical (unpaired) electrons. The second-order valence-corrected chi connectivity index (χ2v) is 6.63. The van der Waals surface area contributed by atoms with Gasteiger partial charge in [-0.05, 0) is 41.5 Å². The van der Waals surface area contributed by atoms with Crippen molar-refractivity contribution in [1.82, 2.24) is 9.88 Å². The zero-order chi connectivity index (χ0) is 18.0. The smallest absolute Gasteiger partial charge is 0.268 e. The third-order valence-electron chi connectivity index (χ3n) is 3.83. The predicted octanol–water partition coefficient (Wildman–Crippen LogP) is 3.68. The Morgan fingerprint density at radius 3 is 2.68 bits per heavy atom. The van der Waals surface area contributed by atoms with Crippen LogP contribution in [0.3, 0.4) is 0 Å². The van der Waals surface area contributed by atoms with Crippen molar-refractivity contribution in [2.75, 3.05) is 0 Å². The van der Waals surface area contributed by atoms with Gasteiger partial charge in [-0.2, -0.15) is 0 Å². The highest BCUT2D eigenvalue weighted by Gasteiger charge is 2.17. The van der Waals surface area contributed by atoms with Gasteiger partial charge in [-0.3, -0.25) is 9.59 Å². The lowest BCUT2D eigenvalue weighted by Gasteiger charge is -2.14. The summed E-state index contributed by atoms with van der Waals surface area (Å²) >= 11 is 1.51. The summed E-state index contributed by atoms with van der Waals surface area (Å²) in [5.74, 6) is -2.56. The maximum atomic E-state index is 13.5. The zero-order valence-corrected chi connectivity index (χ0v) is 14.3. The van der Waals surface area contributed by atoms with Crippen molar-refractivity contribution < 1.29 is 13.6 Å². The molecule has 0 saturated carbocycles. The largest absolute Gasteiger partial charge is 0.346 e. The number of benzene rings is 1. The summed E-state index contributed by atoms with van der Waals surface area (Å²) in [6.07, 6.45) is 0.625. The first-order valence-corrected chi connectivity index (χ1v) is 8.72. The number of carbonyl (C=O) groups excluding carboxylic acids is 1. The van der Waals surface area contributed by atoms with E-state index in [-0.39, 0.29) is 16.5 Å². The fourth-order valence-corrected chi connectivity index (χ4v) is 3.30. The molecule has 1 N–H and O–H groups in total. The molecular formula is C18H16F2N2O2S. The van der Waals surface area contributed by atoms with Crippen molar-refractivity contribution in [2.45, 2.75) is 26.4 Å². The van der Waals surface area contributed by atoms with Gasteiger partial charge in [0.05, 0.1) is 11.9 Å². The first-order chi connectivity index (χ1) is 12.0. The number of nitrogens with zero attached hydrogens (tertiary/aromatic N) is 1. The molecule has 0 atom stereocenters. The summed E-state index contributed by atoms with van der Waals surface area (Å²) in [6.45, 7) is 2.53. The minimum absolute atomic E-state index is 0.0576. The Labute approximate surface area is 146 Å². The van der Waals surface area contributed by atoms with E-state index in [2.05, 4.69) is 5.32 Å². The second-order valence-electron chi connectivity index (χ2n) is 5.60. The highest BCUT2D eigenvalue weighted by Crippen LogP contribution is 2.18. The van der Waals surface area contributed by atoms with Crippen molar-refractivity contribution in [3.8, 4) is 0 Å². The second kappa shape index (κ2) is 7.14. The molecule has 0 unspecified atom stereocenters. The van der Waals surface area contributed by atoms with E-state index in [0.717, 1.165) is 17.0 Å². The Kier molecular flexibility index (Phi) is 4.94. The number of rotatable bonds is 5. The van der Waals surface area contributed by atoms with Gasteiger partial charge in [0.1, 0.15) is 5.69 Å². The summed E-state index contributed by atoms with van der Waals surface area (Å²) in [7, 11) is 0. The number of aromatic nitrogens is 1. The fraction of sp³-hybridized carbons (Fsp3) is 0.222. The minimum Gasteiger partial charge on any atom is -0.346 e. The quantitative estimate of drug-likeness (QED) is 0.753. The molecule has 7 heteroatoms. The first kappa shape index (κ1) is 17.3. The van der Waals surface area contributed by atoms with Crippen LogP contribution in [0.4, 0.5) is 8.78 Å². The van der Waals surface area contributed by atoms with Crippen LogP contribution >= 0.6 is 11.3 Å². The summed E-state index contributed by atoms with van der Waals surface area (Å²) in [5.41, 5.74) is -0.360. The van der Waals surface area contributed by atoms with E-state index in [9.17, 15) is 18.4 Å². The Bertz CT molecular complexity index is 981. The summed E-state index contributed by atoms with van der Waals surface area (Å²) in [5, 5.41) is 4.93. The van der Waals surface area contributed by atoms with E-state index in [1.807, 2.05) is 24.4 Å². The number of amides is 1. The number of halogens is 2. The van der Waals surface area contributed by atoms with Crippen LogP contribution in [0, 0.1) is 11.6 Å². The number of carbonyl (C=O) groups is 1. The number of nitrogens with one attached hydrogen (secondary N) is 1. The molecule has 0 fully saturated rings. The molecule has 0 saturated heterocycles. The summed E-state index contributed by atoms with van der Waals surface area (Å²) in [6, 6.07) is 7.03. The van der Waals surface area contributed by atoms with Crippen molar-refractivity contribution in [2.24, 2.45) is 0 Å². The molecule has 130 valence electrons. The van der Waals surface area contributed by atoms with E-state index in [1.165, 1.54) is 22.0 Å². The molecule has 2 heterocycles. The SMILES string of the molecule is CCCn1c(C(=O)NCc2cccs2)cc2cc(F)c(F)cc2c1=O. The van der Waals surface area contributed by atoms with Crippen molar-refractivity contribution >= 4 is 28.0 Å². The van der Waals surface area contributed by atoms with Gasteiger partial charge < -0.3 is 9.88 Å². The minimum atomic E-state index is -1.08. The van der Waals surface area contributed by atoms with Gasteiger partial charge in [0.2, 0.25) is 0 Å². The van der Waals surface area contributed by atoms with Gasteiger partial charge in [0.25, 0.3) is 11.5 Å². The summed E-state index contributed by atoms with van der Waals surface area (Å²) < 4.78 is 28.3. The maximum Gasteiger partial charge on any atom is 0.268 e. The lowest BCUT2D eigenvalue weighted by Crippen LogP contribution is -2.32. The molecule has 0 aliphatic rings. The zero-order valence-electron chi connectivity index (χ0n) is 13.5. The number of hydrogen-bond donors (Lipinski definition) is 1. The summed E-state index contributed by atoms with van der Waals surface area (Å²) in [4.78, 5) is 26.2. The van der Waals surface area contributed by atoms with E-state index >= 15 is 0 Å². The molecule has 1 amide bonds.